The predicted molar refractivity (Wildman–Crippen MR) is 86.0 cm³/mol. The van der Waals surface area contributed by atoms with Gasteiger partial charge in [-0.1, -0.05) is 18.5 Å². The third-order valence-corrected chi connectivity index (χ3v) is 4.15. The highest BCUT2D eigenvalue weighted by Gasteiger charge is 2.16. The van der Waals surface area contributed by atoms with Crippen molar-refractivity contribution in [1.82, 2.24) is 10.3 Å². The van der Waals surface area contributed by atoms with E-state index in [1.807, 2.05) is 12.1 Å². The molecule has 0 saturated carbocycles. The molecule has 0 bridgehead atoms. The normalized spacial score (nSPS) is 15.8. The van der Waals surface area contributed by atoms with E-state index in [9.17, 15) is 0 Å². The Morgan fingerprint density at radius 1 is 1.25 bits per heavy atom. The number of anilines is 1. The number of nitrogens with one attached hydrogen (secondary N) is 1. The number of nitrogens with zero attached hydrogens (tertiary/aromatic N) is 2. The van der Waals surface area contributed by atoms with E-state index in [2.05, 4.69) is 30.1 Å². The Morgan fingerprint density at radius 2 is 2.00 bits per heavy atom. The number of fused-ring (bicyclic) bond motifs is 1. The van der Waals surface area contributed by atoms with E-state index in [1.165, 1.54) is 5.56 Å². The molecule has 0 radical (unpaired) electrons. The first kappa shape index (κ1) is 13.7. The van der Waals surface area contributed by atoms with Crippen molar-refractivity contribution in [2.45, 2.75) is 20.3 Å². The summed E-state index contributed by atoms with van der Waals surface area (Å²) in [5.41, 5.74) is 3.52. The molecule has 3 rings (SSSR count). The van der Waals surface area contributed by atoms with Crippen molar-refractivity contribution in [3.05, 3.63) is 34.3 Å². The van der Waals surface area contributed by atoms with Crippen LogP contribution in [0.1, 0.15) is 18.1 Å². The van der Waals surface area contributed by atoms with Gasteiger partial charge in [0.2, 0.25) is 0 Å². The lowest BCUT2D eigenvalue weighted by Gasteiger charge is -2.30. The summed E-state index contributed by atoms with van der Waals surface area (Å²) < 4.78 is 0. The molecule has 1 fully saturated rings. The lowest BCUT2D eigenvalue weighted by molar-refractivity contribution is 0.584. The Balaban J connectivity index is 2.15. The minimum atomic E-state index is 0.786. The standard InChI is InChI=1S/C16H20ClN3/c1-3-12-9-13-10-14(17)8-11(2)15(13)19-16(12)20-6-4-18-5-7-20/h8-10,18H,3-7H2,1-2H3. The topological polar surface area (TPSA) is 28.2 Å². The molecule has 0 spiro atoms. The molecule has 106 valence electrons. The number of benzene rings is 1. The van der Waals surface area contributed by atoms with E-state index in [-0.39, 0.29) is 0 Å². The molecule has 0 amide bonds. The maximum atomic E-state index is 6.16. The van der Waals surface area contributed by atoms with Gasteiger partial charge in [-0.15, -0.1) is 0 Å². The molecule has 2 heterocycles. The van der Waals surface area contributed by atoms with Crippen LogP contribution >= 0.6 is 11.6 Å². The summed E-state index contributed by atoms with van der Waals surface area (Å²) >= 11 is 6.16. The molecule has 1 saturated heterocycles. The summed E-state index contributed by atoms with van der Waals surface area (Å²) in [6, 6.07) is 6.25. The highest BCUT2D eigenvalue weighted by molar-refractivity contribution is 6.31. The number of aromatic nitrogens is 1. The van der Waals surface area contributed by atoms with Crippen LogP contribution in [0.4, 0.5) is 5.82 Å². The molecular formula is C16H20ClN3. The number of piperazine rings is 1. The smallest absolute Gasteiger partial charge is 0.132 e. The molecule has 0 atom stereocenters. The second-order valence-corrected chi connectivity index (χ2v) is 5.79. The van der Waals surface area contributed by atoms with Gasteiger partial charge in [0, 0.05) is 36.6 Å². The van der Waals surface area contributed by atoms with Crippen LogP contribution in [0.25, 0.3) is 10.9 Å². The van der Waals surface area contributed by atoms with Crippen molar-refractivity contribution in [3.63, 3.8) is 0 Å². The van der Waals surface area contributed by atoms with E-state index in [0.29, 0.717) is 0 Å². The van der Waals surface area contributed by atoms with E-state index < -0.39 is 0 Å². The van der Waals surface area contributed by atoms with Crippen LogP contribution in [0, 0.1) is 6.92 Å². The first-order valence-electron chi connectivity index (χ1n) is 7.24. The Kier molecular flexibility index (Phi) is 3.81. The van der Waals surface area contributed by atoms with Crippen LogP contribution in [0.2, 0.25) is 5.02 Å². The monoisotopic (exact) mass is 289 g/mol. The molecule has 20 heavy (non-hydrogen) atoms. The molecular weight excluding hydrogens is 270 g/mol. The van der Waals surface area contributed by atoms with Gasteiger partial charge in [-0.25, -0.2) is 4.98 Å². The van der Waals surface area contributed by atoms with Crippen LogP contribution < -0.4 is 10.2 Å². The third-order valence-electron chi connectivity index (χ3n) is 3.93. The fourth-order valence-corrected chi connectivity index (χ4v) is 3.15. The molecule has 1 N–H and O–H groups in total. The van der Waals surface area contributed by atoms with Gasteiger partial charge in [0.25, 0.3) is 0 Å². The second-order valence-electron chi connectivity index (χ2n) is 5.36. The van der Waals surface area contributed by atoms with Crippen LogP contribution in [-0.2, 0) is 6.42 Å². The Hall–Kier alpha value is -1.32. The maximum absolute atomic E-state index is 6.16. The van der Waals surface area contributed by atoms with Crippen molar-refractivity contribution in [2.75, 3.05) is 31.1 Å². The molecule has 0 aliphatic carbocycles. The highest BCUT2D eigenvalue weighted by atomic mass is 35.5. The molecule has 1 aromatic heterocycles. The van der Waals surface area contributed by atoms with Crippen LogP contribution in [0.5, 0.6) is 0 Å². The Morgan fingerprint density at radius 3 is 2.70 bits per heavy atom. The molecule has 4 heteroatoms. The highest BCUT2D eigenvalue weighted by Crippen LogP contribution is 2.28. The van der Waals surface area contributed by atoms with Gasteiger partial charge >= 0.3 is 0 Å². The Labute approximate surface area is 124 Å². The zero-order valence-corrected chi connectivity index (χ0v) is 12.8. The van der Waals surface area contributed by atoms with Crippen LogP contribution in [-0.4, -0.2) is 31.2 Å². The van der Waals surface area contributed by atoms with Crippen LogP contribution in [0.3, 0.4) is 0 Å². The fourth-order valence-electron chi connectivity index (χ4n) is 2.86. The van der Waals surface area contributed by atoms with Crippen molar-refractivity contribution in [1.29, 1.82) is 0 Å². The average molecular weight is 290 g/mol. The number of pyridine rings is 1. The van der Waals surface area contributed by atoms with Gasteiger partial charge in [0.05, 0.1) is 5.52 Å². The van der Waals surface area contributed by atoms with E-state index in [1.54, 1.807) is 0 Å². The predicted octanol–water partition coefficient (Wildman–Crippen LogP) is 3.17. The lowest BCUT2D eigenvalue weighted by Crippen LogP contribution is -2.44. The molecule has 1 aromatic carbocycles. The van der Waals surface area contributed by atoms with Crippen molar-refractivity contribution in [2.24, 2.45) is 0 Å². The number of halogens is 1. The molecule has 3 nitrogen and oxygen atoms in total. The number of hydrogen-bond donors (Lipinski definition) is 1. The summed E-state index contributed by atoms with van der Waals surface area (Å²) in [4.78, 5) is 7.34. The van der Waals surface area contributed by atoms with Crippen molar-refractivity contribution < 1.29 is 0 Å². The lowest BCUT2D eigenvalue weighted by atomic mass is 10.1. The van der Waals surface area contributed by atoms with Gasteiger partial charge in [-0.2, -0.15) is 0 Å². The zero-order valence-electron chi connectivity index (χ0n) is 12.0. The van der Waals surface area contributed by atoms with E-state index in [0.717, 1.165) is 59.9 Å². The summed E-state index contributed by atoms with van der Waals surface area (Å²) in [6.07, 6.45) is 0.994. The van der Waals surface area contributed by atoms with Crippen molar-refractivity contribution in [3.8, 4) is 0 Å². The van der Waals surface area contributed by atoms with Gasteiger partial charge in [-0.05, 0) is 42.7 Å². The van der Waals surface area contributed by atoms with Gasteiger partial charge in [0.1, 0.15) is 5.82 Å². The second kappa shape index (κ2) is 5.58. The minimum Gasteiger partial charge on any atom is -0.354 e. The minimum absolute atomic E-state index is 0.786. The molecule has 0 unspecified atom stereocenters. The number of hydrogen-bond acceptors (Lipinski definition) is 3. The number of aryl methyl sites for hydroxylation is 2. The fraction of sp³-hybridized carbons (Fsp3) is 0.438. The zero-order chi connectivity index (χ0) is 14.1. The first-order valence-corrected chi connectivity index (χ1v) is 7.62. The van der Waals surface area contributed by atoms with Gasteiger partial charge < -0.3 is 10.2 Å². The molecule has 2 aromatic rings. The summed E-state index contributed by atoms with van der Waals surface area (Å²) in [5.74, 6) is 1.15. The Bertz CT molecular complexity index is 633. The summed E-state index contributed by atoms with van der Waals surface area (Å²) in [6.45, 7) is 8.38. The molecule has 1 aliphatic rings. The summed E-state index contributed by atoms with van der Waals surface area (Å²) in [7, 11) is 0. The molecule has 1 aliphatic heterocycles. The van der Waals surface area contributed by atoms with E-state index >= 15 is 0 Å². The van der Waals surface area contributed by atoms with E-state index in [4.69, 9.17) is 16.6 Å². The third kappa shape index (κ3) is 2.48. The SMILES string of the molecule is CCc1cc2cc(Cl)cc(C)c2nc1N1CCNCC1. The first-order chi connectivity index (χ1) is 9.69. The number of rotatable bonds is 2. The summed E-state index contributed by atoms with van der Waals surface area (Å²) in [5, 5.41) is 5.32. The van der Waals surface area contributed by atoms with Crippen molar-refractivity contribution >= 4 is 28.3 Å². The quantitative estimate of drug-likeness (QED) is 0.920. The van der Waals surface area contributed by atoms with Gasteiger partial charge in [-0.3, -0.25) is 0 Å². The maximum Gasteiger partial charge on any atom is 0.132 e. The largest absolute Gasteiger partial charge is 0.354 e. The van der Waals surface area contributed by atoms with Crippen LogP contribution in [0.15, 0.2) is 18.2 Å². The van der Waals surface area contributed by atoms with Gasteiger partial charge in [0.15, 0.2) is 0 Å². The average Bonchev–Trinajstić information content (AvgIpc) is 2.46.